The van der Waals surface area contributed by atoms with Crippen LogP contribution >= 0.6 is 0 Å². The van der Waals surface area contributed by atoms with E-state index < -0.39 is 23.9 Å². The monoisotopic (exact) mass is 312 g/mol. The number of amides is 2. The van der Waals surface area contributed by atoms with E-state index in [1.54, 1.807) is 0 Å². The van der Waals surface area contributed by atoms with Crippen LogP contribution in [0.4, 0.5) is 0 Å². The first-order chi connectivity index (χ1) is 10.4. The standard InChI is InChI=1S/C12H20N6O4/c13-9(2-1-4-16-12(14)15)11(22)17-6-10(21)18-8(7-20)3-5-19/h8-9H,1-4,6,13H2,(H,17,22)(H,18,21)(H4,14,15,16). The SMILES string of the molecule is N=C(N)NCCCC(N)C(=O)NCC(=O)NC([C]=O)C[C]=O. The quantitative estimate of drug-likeness (QED) is 0.132. The normalized spacial score (nSPS) is 12.6. The first kappa shape index (κ1) is 19.5. The average molecular weight is 312 g/mol. The predicted molar refractivity (Wildman–Crippen MR) is 78.1 cm³/mol. The molecule has 8 N–H and O–H groups in total. The number of nitrogens with one attached hydrogen (secondary N) is 4. The lowest BCUT2D eigenvalue weighted by atomic mass is 10.1. The molecule has 0 aliphatic carbocycles. The van der Waals surface area contributed by atoms with Gasteiger partial charge in [0.05, 0.1) is 12.6 Å². The lowest BCUT2D eigenvalue weighted by Crippen LogP contribution is -2.47. The number of carbonyl (C=O) groups excluding carboxylic acids is 4. The third kappa shape index (κ3) is 9.42. The zero-order chi connectivity index (χ0) is 17.0. The molecule has 2 atom stereocenters. The molecule has 0 saturated heterocycles. The molecule has 0 spiro atoms. The highest BCUT2D eigenvalue weighted by molar-refractivity contribution is 5.88. The summed E-state index contributed by atoms with van der Waals surface area (Å²) in [6, 6.07) is -1.88. The van der Waals surface area contributed by atoms with Gasteiger partial charge in [-0.2, -0.15) is 0 Å². The highest BCUT2D eigenvalue weighted by Gasteiger charge is 2.16. The molecule has 0 bridgehead atoms. The van der Waals surface area contributed by atoms with Crippen LogP contribution in [0, 0.1) is 5.41 Å². The summed E-state index contributed by atoms with van der Waals surface area (Å²) >= 11 is 0. The van der Waals surface area contributed by atoms with Crippen LogP contribution in [0.15, 0.2) is 0 Å². The molecule has 10 heteroatoms. The number of carbonyl (C=O) groups is 2. The second-order valence-corrected chi connectivity index (χ2v) is 4.39. The lowest BCUT2D eigenvalue weighted by molar-refractivity contribution is -0.127. The van der Waals surface area contributed by atoms with Gasteiger partial charge in [-0.25, -0.2) is 0 Å². The van der Waals surface area contributed by atoms with Gasteiger partial charge in [0.1, 0.15) is 6.04 Å². The summed E-state index contributed by atoms with van der Waals surface area (Å²) in [6.45, 7) is 0.0467. The highest BCUT2D eigenvalue weighted by Crippen LogP contribution is 1.93. The molecule has 0 saturated carbocycles. The Morgan fingerprint density at radius 1 is 1.23 bits per heavy atom. The smallest absolute Gasteiger partial charge is 0.240 e. The van der Waals surface area contributed by atoms with Gasteiger partial charge < -0.3 is 27.4 Å². The van der Waals surface area contributed by atoms with Crippen LogP contribution in [0.25, 0.3) is 0 Å². The minimum atomic E-state index is -1.08. The predicted octanol–water partition coefficient (Wildman–Crippen LogP) is -3.21. The molecule has 22 heavy (non-hydrogen) atoms. The first-order valence-corrected chi connectivity index (χ1v) is 6.54. The van der Waals surface area contributed by atoms with E-state index in [0.717, 1.165) is 0 Å². The summed E-state index contributed by atoms with van der Waals surface area (Å²) in [7, 11) is 0. The summed E-state index contributed by atoms with van der Waals surface area (Å²) in [6.07, 6.45) is 3.52. The Kier molecular flexibility index (Phi) is 9.93. The fourth-order valence-electron chi connectivity index (χ4n) is 1.43. The highest BCUT2D eigenvalue weighted by atomic mass is 16.2. The molecular weight excluding hydrogens is 292 g/mol. The topological polar surface area (TPSA) is 180 Å². The van der Waals surface area contributed by atoms with Crippen molar-refractivity contribution in [2.24, 2.45) is 11.5 Å². The van der Waals surface area contributed by atoms with Crippen LogP contribution in [0.3, 0.4) is 0 Å². The van der Waals surface area contributed by atoms with Crippen molar-refractivity contribution in [3.63, 3.8) is 0 Å². The average Bonchev–Trinajstić information content (AvgIpc) is 2.48. The van der Waals surface area contributed by atoms with Crippen molar-refractivity contribution in [3.05, 3.63) is 0 Å². The molecular formula is C12H20N6O4. The molecule has 2 unspecified atom stereocenters. The van der Waals surface area contributed by atoms with Gasteiger partial charge in [0, 0.05) is 13.0 Å². The van der Waals surface area contributed by atoms with Gasteiger partial charge >= 0.3 is 0 Å². The molecule has 0 aromatic heterocycles. The van der Waals surface area contributed by atoms with E-state index in [9.17, 15) is 19.2 Å². The molecule has 0 aromatic rings. The zero-order valence-electron chi connectivity index (χ0n) is 12.0. The maximum Gasteiger partial charge on any atom is 0.240 e. The van der Waals surface area contributed by atoms with Crippen LogP contribution in [-0.2, 0) is 19.2 Å². The van der Waals surface area contributed by atoms with Gasteiger partial charge in [-0.3, -0.25) is 24.6 Å². The lowest BCUT2D eigenvalue weighted by Gasteiger charge is -2.13. The minimum absolute atomic E-state index is 0.163. The summed E-state index contributed by atoms with van der Waals surface area (Å²) < 4.78 is 0. The second kappa shape index (κ2) is 11.2. The van der Waals surface area contributed by atoms with Crippen LogP contribution in [0.1, 0.15) is 19.3 Å². The molecule has 0 aromatic carbocycles. The van der Waals surface area contributed by atoms with Crippen molar-refractivity contribution < 1.29 is 19.2 Å². The van der Waals surface area contributed by atoms with Crippen LogP contribution in [0.5, 0.6) is 0 Å². The zero-order valence-corrected chi connectivity index (χ0v) is 12.0. The van der Waals surface area contributed by atoms with E-state index in [-0.39, 0.29) is 18.9 Å². The number of rotatable bonds is 11. The summed E-state index contributed by atoms with van der Waals surface area (Å²) in [5.41, 5.74) is 10.7. The Morgan fingerprint density at radius 3 is 2.45 bits per heavy atom. The van der Waals surface area contributed by atoms with Crippen LogP contribution in [0.2, 0.25) is 0 Å². The molecule has 0 heterocycles. The summed E-state index contributed by atoms with van der Waals surface area (Å²) in [5.74, 6) is -1.32. The van der Waals surface area contributed by atoms with E-state index in [0.29, 0.717) is 19.4 Å². The maximum absolute atomic E-state index is 11.6. The second-order valence-electron chi connectivity index (χ2n) is 4.39. The Morgan fingerprint density at radius 2 is 1.91 bits per heavy atom. The van der Waals surface area contributed by atoms with Crippen molar-refractivity contribution in [3.8, 4) is 0 Å². The Labute approximate surface area is 127 Å². The van der Waals surface area contributed by atoms with Crippen molar-refractivity contribution in [2.75, 3.05) is 13.1 Å². The molecule has 0 rings (SSSR count). The van der Waals surface area contributed by atoms with Crippen LogP contribution < -0.4 is 27.4 Å². The molecule has 0 aliphatic heterocycles. The Balaban J connectivity index is 3.95. The summed E-state index contributed by atoms with van der Waals surface area (Å²) in [5, 5.41) is 14.0. The van der Waals surface area contributed by atoms with Gasteiger partial charge in [-0.15, -0.1) is 0 Å². The molecule has 10 nitrogen and oxygen atoms in total. The third-order valence-electron chi connectivity index (χ3n) is 2.53. The van der Waals surface area contributed by atoms with E-state index in [1.165, 1.54) is 12.6 Å². The number of hydrogen-bond donors (Lipinski definition) is 6. The van der Waals surface area contributed by atoms with Crippen molar-refractivity contribution in [1.29, 1.82) is 5.41 Å². The minimum Gasteiger partial charge on any atom is -0.370 e. The Bertz CT molecular complexity index is 414. The van der Waals surface area contributed by atoms with Gasteiger partial charge in [-0.05, 0) is 12.8 Å². The number of nitrogens with two attached hydrogens (primary N) is 2. The first-order valence-electron chi connectivity index (χ1n) is 6.54. The number of hydrogen-bond acceptors (Lipinski definition) is 6. The fourth-order valence-corrected chi connectivity index (χ4v) is 1.43. The van der Waals surface area contributed by atoms with Gasteiger partial charge in [0.15, 0.2) is 5.96 Å². The van der Waals surface area contributed by atoms with Gasteiger partial charge in [0.25, 0.3) is 0 Å². The third-order valence-corrected chi connectivity index (χ3v) is 2.53. The Hall–Kier alpha value is -2.49. The molecule has 2 radical (unpaired) electrons. The molecule has 2 amide bonds. The van der Waals surface area contributed by atoms with E-state index in [2.05, 4.69) is 16.0 Å². The molecule has 0 aliphatic rings. The molecule has 0 fully saturated rings. The fraction of sp³-hybridized carbons (Fsp3) is 0.583. The number of guanidine groups is 1. The van der Waals surface area contributed by atoms with E-state index >= 15 is 0 Å². The summed E-state index contributed by atoms with van der Waals surface area (Å²) in [4.78, 5) is 43.6. The van der Waals surface area contributed by atoms with Crippen molar-refractivity contribution in [1.82, 2.24) is 16.0 Å². The van der Waals surface area contributed by atoms with Gasteiger partial charge in [0.2, 0.25) is 24.4 Å². The van der Waals surface area contributed by atoms with Crippen LogP contribution in [-0.4, -0.2) is 55.5 Å². The largest absolute Gasteiger partial charge is 0.370 e. The van der Waals surface area contributed by atoms with Crippen molar-refractivity contribution in [2.45, 2.75) is 31.3 Å². The van der Waals surface area contributed by atoms with Gasteiger partial charge in [-0.1, -0.05) is 0 Å². The maximum atomic E-state index is 11.6. The molecule has 122 valence electrons. The van der Waals surface area contributed by atoms with Crippen molar-refractivity contribution >= 4 is 30.3 Å². The van der Waals surface area contributed by atoms with E-state index in [1.807, 2.05) is 0 Å². The van der Waals surface area contributed by atoms with E-state index in [4.69, 9.17) is 16.9 Å².